The quantitative estimate of drug-likeness (QED) is 0.607. The molecule has 3 rings (SSSR count). The number of rotatable bonds is 5. The third kappa shape index (κ3) is 3.94. The van der Waals surface area contributed by atoms with Gasteiger partial charge in [0.05, 0.1) is 0 Å². The highest BCUT2D eigenvalue weighted by Gasteiger charge is 2.26. The summed E-state index contributed by atoms with van der Waals surface area (Å²) in [5.74, 6) is 3.20. The van der Waals surface area contributed by atoms with Gasteiger partial charge in [0.15, 0.2) is 0 Å². The van der Waals surface area contributed by atoms with Gasteiger partial charge in [-0.2, -0.15) is 0 Å². The van der Waals surface area contributed by atoms with Crippen LogP contribution >= 0.6 is 19.9 Å². The molecule has 122 valence electrons. The van der Waals surface area contributed by atoms with E-state index in [0.717, 1.165) is 28.4 Å². The van der Waals surface area contributed by atoms with Crippen LogP contribution in [0.2, 0.25) is 0 Å². The Bertz CT molecular complexity index is 660. The molecule has 0 atom stereocenters. The fourth-order valence-electron chi connectivity index (χ4n) is 2.98. The summed E-state index contributed by atoms with van der Waals surface area (Å²) in [7, 11) is 5.79. The summed E-state index contributed by atoms with van der Waals surface area (Å²) in [5, 5.41) is 0. The maximum atomic E-state index is 6.90. The Morgan fingerprint density at radius 3 is 2.39 bits per heavy atom. The van der Waals surface area contributed by atoms with Crippen LogP contribution in [0.4, 0.5) is 0 Å². The highest BCUT2D eigenvalue weighted by Crippen LogP contribution is 2.63. The van der Waals surface area contributed by atoms with E-state index in [1.807, 2.05) is 18.2 Å². The Balaban J connectivity index is 1.67. The standard InChI is InChI=1S/C20H23ClOS/c1-2-17-8-4-5-9-18(17)16-22-19-10-12-20(13-11-19)23(21)14-6-3-7-15-23/h2,4-5,8-13H,1,3,6-7,14-16H2. The van der Waals surface area contributed by atoms with Crippen LogP contribution in [0, 0.1) is 0 Å². The first kappa shape index (κ1) is 16.5. The van der Waals surface area contributed by atoms with E-state index in [-0.39, 0.29) is 0 Å². The number of halogens is 1. The molecule has 0 amide bonds. The van der Waals surface area contributed by atoms with Gasteiger partial charge in [0.2, 0.25) is 0 Å². The molecule has 0 spiro atoms. The van der Waals surface area contributed by atoms with Crippen molar-refractivity contribution in [2.24, 2.45) is 0 Å². The SMILES string of the molecule is C=Cc1ccccc1COc1ccc(S2(Cl)CCCCC2)cc1. The van der Waals surface area contributed by atoms with Crippen LogP contribution in [0.1, 0.15) is 30.4 Å². The van der Waals surface area contributed by atoms with Crippen molar-refractivity contribution in [3.05, 3.63) is 66.2 Å². The van der Waals surface area contributed by atoms with Crippen molar-refractivity contribution in [2.45, 2.75) is 30.8 Å². The van der Waals surface area contributed by atoms with Crippen molar-refractivity contribution < 1.29 is 4.74 Å². The van der Waals surface area contributed by atoms with Crippen LogP contribution in [-0.2, 0) is 6.61 Å². The second-order valence-electron chi connectivity index (χ2n) is 5.92. The molecule has 1 fully saturated rings. The summed E-state index contributed by atoms with van der Waals surface area (Å²) in [6, 6.07) is 16.6. The van der Waals surface area contributed by atoms with Gasteiger partial charge in [-0.15, -0.1) is 9.24 Å². The topological polar surface area (TPSA) is 9.23 Å². The second kappa shape index (κ2) is 7.46. The summed E-state index contributed by atoms with van der Waals surface area (Å²) < 4.78 is 5.93. The zero-order chi connectivity index (χ0) is 16.1. The molecule has 0 N–H and O–H groups in total. The lowest BCUT2D eigenvalue weighted by molar-refractivity contribution is 0.306. The van der Waals surface area contributed by atoms with Gasteiger partial charge in [0, 0.05) is 4.90 Å². The van der Waals surface area contributed by atoms with E-state index < -0.39 is 9.24 Å². The molecule has 2 aromatic carbocycles. The number of hydrogen-bond donors (Lipinski definition) is 0. The van der Waals surface area contributed by atoms with E-state index in [0.29, 0.717) is 6.61 Å². The van der Waals surface area contributed by atoms with E-state index >= 15 is 0 Å². The lowest BCUT2D eigenvalue weighted by atomic mass is 10.1. The molecule has 3 heteroatoms. The molecule has 0 bridgehead atoms. The molecule has 1 heterocycles. The zero-order valence-corrected chi connectivity index (χ0v) is 14.9. The largest absolute Gasteiger partial charge is 0.489 e. The minimum absolute atomic E-state index is 0.556. The lowest BCUT2D eigenvalue weighted by Crippen LogP contribution is -2.10. The normalized spacial score (nSPS) is 18.1. The molecule has 0 unspecified atom stereocenters. The average Bonchev–Trinajstić information content (AvgIpc) is 2.61. The third-order valence-corrected chi connectivity index (χ3v) is 8.80. The maximum absolute atomic E-state index is 6.90. The van der Waals surface area contributed by atoms with Crippen molar-refractivity contribution >= 4 is 26.0 Å². The fourth-order valence-corrected chi connectivity index (χ4v) is 6.57. The highest BCUT2D eigenvalue weighted by atomic mass is 35.7. The van der Waals surface area contributed by atoms with Crippen LogP contribution in [0.15, 0.2) is 60.0 Å². The Kier molecular flexibility index (Phi) is 5.34. The van der Waals surface area contributed by atoms with Gasteiger partial charge in [-0.1, -0.05) is 54.0 Å². The molecule has 1 saturated heterocycles. The Hall–Kier alpha value is -1.38. The maximum Gasteiger partial charge on any atom is 0.119 e. The van der Waals surface area contributed by atoms with Gasteiger partial charge in [-0.05, 0) is 59.7 Å². The Labute approximate surface area is 145 Å². The van der Waals surface area contributed by atoms with E-state index in [1.54, 1.807) is 0 Å². The lowest BCUT2D eigenvalue weighted by Gasteiger charge is -2.36. The van der Waals surface area contributed by atoms with E-state index in [2.05, 4.69) is 43.0 Å². The molecule has 1 aliphatic rings. The molecule has 0 radical (unpaired) electrons. The number of ether oxygens (including phenoxy) is 1. The zero-order valence-electron chi connectivity index (χ0n) is 13.3. The smallest absolute Gasteiger partial charge is 0.119 e. The van der Waals surface area contributed by atoms with Gasteiger partial charge >= 0.3 is 0 Å². The van der Waals surface area contributed by atoms with Crippen LogP contribution in [0.25, 0.3) is 6.08 Å². The molecular weight excluding hydrogens is 324 g/mol. The molecule has 0 saturated carbocycles. The molecule has 0 aromatic heterocycles. The van der Waals surface area contributed by atoms with Crippen LogP contribution < -0.4 is 4.74 Å². The van der Waals surface area contributed by atoms with E-state index in [4.69, 9.17) is 15.4 Å². The molecule has 0 aliphatic carbocycles. The Morgan fingerprint density at radius 2 is 1.70 bits per heavy atom. The van der Waals surface area contributed by atoms with Gasteiger partial charge in [0.1, 0.15) is 12.4 Å². The van der Waals surface area contributed by atoms with Gasteiger partial charge in [-0.25, -0.2) is 0 Å². The first-order chi connectivity index (χ1) is 11.2. The molecule has 1 nitrogen and oxygen atoms in total. The second-order valence-corrected chi connectivity index (χ2v) is 10.6. The summed E-state index contributed by atoms with van der Waals surface area (Å²) in [5.41, 5.74) is 2.27. The highest BCUT2D eigenvalue weighted by molar-refractivity contribution is 8.51. The molecule has 23 heavy (non-hydrogen) atoms. The summed E-state index contributed by atoms with van der Waals surface area (Å²) >= 11 is 0. The fraction of sp³-hybridized carbons (Fsp3) is 0.300. The van der Waals surface area contributed by atoms with Crippen LogP contribution in [0.3, 0.4) is 0 Å². The van der Waals surface area contributed by atoms with Crippen LogP contribution in [0.5, 0.6) is 5.75 Å². The predicted octanol–water partition coefficient (Wildman–Crippen LogP) is 6.41. The van der Waals surface area contributed by atoms with Crippen molar-refractivity contribution in [3.63, 3.8) is 0 Å². The van der Waals surface area contributed by atoms with Gasteiger partial charge in [-0.3, -0.25) is 0 Å². The van der Waals surface area contributed by atoms with Crippen molar-refractivity contribution in [2.75, 3.05) is 11.5 Å². The average molecular weight is 347 g/mol. The summed E-state index contributed by atoms with van der Waals surface area (Å²) in [6.45, 7) is 4.41. The van der Waals surface area contributed by atoms with E-state index in [9.17, 15) is 0 Å². The molecule has 1 aliphatic heterocycles. The van der Waals surface area contributed by atoms with Crippen molar-refractivity contribution in [1.82, 2.24) is 0 Å². The first-order valence-electron chi connectivity index (χ1n) is 8.13. The minimum atomic E-state index is -1.11. The third-order valence-electron chi connectivity index (χ3n) is 4.35. The van der Waals surface area contributed by atoms with Gasteiger partial charge in [0.25, 0.3) is 0 Å². The van der Waals surface area contributed by atoms with Crippen LogP contribution in [-0.4, -0.2) is 11.5 Å². The van der Waals surface area contributed by atoms with E-state index in [1.165, 1.54) is 24.2 Å². The van der Waals surface area contributed by atoms with Crippen molar-refractivity contribution in [3.8, 4) is 5.75 Å². The molecule has 2 aromatic rings. The monoisotopic (exact) mass is 346 g/mol. The first-order valence-corrected chi connectivity index (χ1v) is 10.9. The van der Waals surface area contributed by atoms with Gasteiger partial charge < -0.3 is 4.74 Å². The summed E-state index contributed by atoms with van der Waals surface area (Å²) in [4.78, 5) is 1.30. The summed E-state index contributed by atoms with van der Waals surface area (Å²) in [6.07, 6.45) is 5.71. The van der Waals surface area contributed by atoms with Crippen molar-refractivity contribution in [1.29, 1.82) is 0 Å². The molecular formula is C20H23ClOS. The number of hydrogen-bond acceptors (Lipinski definition) is 1. The minimum Gasteiger partial charge on any atom is -0.489 e. The number of benzene rings is 2. The Morgan fingerprint density at radius 1 is 1.00 bits per heavy atom. The predicted molar refractivity (Wildman–Crippen MR) is 103 cm³/mol.